The molecule has 2 heteroatoms. The Kier molecular flexibility index (Phi) is 3.82. The van der Waals surface area contributed by atoms with Gasteiger partial charge in [-0.25, -0.2) is 0 Å². The van der Waals surface area contributed by atoms with E-state index >= 15 is 0 Å². The van der Waals surface area contributed by atoms with E-state index < -0.39 is 0 Å². The van der Waals surface area contributed by atoms with Crippen LogP contribution in [-0.2, 0) is 0 Å². The van der Waals surface area contributed by atoms with Crippen molar-refractivity contribution in [1.82, 2.24) is 0 Å². The zero-order valence-electron chi connectivity index (χ0n) is 16.4. The Hall–Kier alpha value is -4.04. The molecule has 4 aromatic carbocycles. The molecule has 142 valence electrons. The second-order valence-electron chi connectivity index (χ2n) is 7.61. The van der Waals surface area contributed by atoms with E-state index in [0.717, 1.165) is 17.1 Å². The summed E-state index contributed by atoms with van der Waals surface area (Å²) in [5, 5.41) is 3.63. The standard InChI is InChI=1S/C28H20N2/c1-3-9-24-20(7-1)17-18-30(28-12-6-4-10-25(24)28)23-16-15-22-14-13-21-8-2-5-11-26(21)29-27(22)19-23/h1-19,29H. The van der Waals surface area contributed by atoms with Crippen LogP contribution in [0.4, 0.5) is 22.7 Å². The zero-order chi connectivity index (χ0) is 19.9. The summed E-state index contributed by atoms with van der Waals surface area (Å²) in [4.78, 5) is 2.28. The van der Waals surface area contributed by atoms with Gasteiger partial charge in [0, 0.05) is 28.8 Å². The van der Waals surface area contributed by atoms with Crippen LogP contribution in [0, 0.1) is 0 Å². The summed E-state index contributed by atoms with van der Waals surface area (Å²) in [6.45, 7) is 0. The van der Waals surface area contributed by atoms with Crippen LogP contribution in [0.25, 0.3) is 29.4 Å². The Labute approximate surface area is 176 Å². The number of nitrogens with zero attached hydrogens (tertiary/aromatic N) is 1. The molecule has 2 nitrogen and oxygen atoms in total. The molecular weight excluding hydrogens is 364 g/mol. The quantitative estimate of drug-likeness (QED) is 0.318. The Morgan fingerprint density at radius 2 is 1.23 bits per heavy atom. The summed E-state index contributed by atoms with van der Waals surface area (Å²) >= 11 is 0. The van der Waals surface area contributed by atoms with Gasteiger partial charge in [0.25, 0.3) is 0 Å². The highest BCUT2D eigenvalue weighted by molar-refractivity contribution is 5.93. The predicted molar refractivity (Wildman–Crippen MR) is 128 cm³/mol. The van der Waals surface area contributed by atoms with Gasteiger partial charge in [-0.2, -0.15) is 0 Å². The largest absolute Gasteiger partial charge is 0.354 e. The van der Waals surface area contributed by atoms with Crippen molar-refractivity contribution < 1.29 is 0 Å². The maximum absolute atomic E-state index is 3.63. The fraction of sp³-hybridized carbons (Fsp3) is 0. The minimum absolute atomic E-state index is 1.11. The van der Waals surface area contributed by atoms with E-state index in [9.17, 15) is 0 Å². The zero-order valence-corrected chi connectivity index (χ0v) is 16.4. The molecule has 0 spiro atoms. The van der Waals surface area contributed by atoms with Gasteiger partial charge in [-0.15, -0.1) is 0 Å². The summed E-state index contributed by atoms with van der Waals surface area (Å²) in [6.07, 6.45) is 8.72. The summed E-state index contributed by atoms with van der Waals surface area (Å²) in [5.74, 6) is 0. The summed E-state index contributed by atoms with van der Waals surface area (Å²) in [5.41, 5.74) is 10.7. The lowest BCUT2D eigenvalue weighted by Gasteiger charge is -2.23. The number of hydrogen-bond acceptors (Lipinski definition) is 2. The van der Waals surface area contributed by atoms with Gasteiger partial charge in [0.2, 0.25) is 0 Å². The van der Waals surface area contributed by atoms with Crippen LogP contribution in [0.15, 0.2) is 97.2 Å². The summed E-state index contributed by atoms with van der Waals surface area (Å²) < 4.78 is 0. The molecule has 1 N–H and O–H groups in total. The number of hydrogen-bond donors (Lipinski definition) is 1. The van der Waals surface area contributed by atoms with Gasteiger partial charge in [-0.3, -0.25) is 0 Å². The van der Waals surface area contributed by atoms with Crippen molar-refractivity contribution in [2.75, 3.05) is 10.2 Å². The maximum Gasteiger partial charge on any atom is 0.0534 e. The number of fused-ring (bicyclic) bond motifs is 5. The first-order valence-electron chi connectivity index (χ1n) is 10.2. The molecule has 0 aromatic heterocycles. The van der Waals surface area contributed by atoms with Crippen molar-refractivity contribution >= 4 is 41.0 Å². The van der Waals surface area contributed by atoms with Gasteiger partial charge in [-0.05, 0) is 52.6 Å². The van der Waals surface area contributed by atoms with E-state index in [2.05, 4.69) is 126 Å². The third-order valence-electron chi connectivity index (χ3n) is 5.81. The van der Waals surface area contributed by atoms with Crippen LogP contribution >= 0.6 is 0 Å². The number of nitrogens with one attached hydrogen (secondary N) is 1. The molecule has 6 rings (SSSR count). The highest BCUT2D eigenvalue weighted by atomic mass is 15.1. The predicted octanol–water partition coefficient (Wildman–Crippen LogP) is 7.70. The van der Waals surface area contributed by atoms with E-state index in [-0.39, 0.29) is 0 Å². The van der Waals surface area contributed by atoms with Gasteiger partial charge in [-0.1, -0.05) is 78.9 Å². The highest BCUT2D eigenvalue weighted by Crippen LogP contribution is 2.41. The monoisotopic (exact) mass is 384 g/mol. The normalized spacial score (nSPS) is 13.3. The Bertz CT molecular complexity index is 1330. The van der Waals surface area contributed by atoms with Crippen molar-refractivity contribution in [3.8, 4) is 11.1 Å². The van der Waals surface area contributed by atoms with Crippen LogP contribution in [0.3, 0.4) is 0 Å². The number of benzene rings is 4. The van der Waals surface area contributed by atoms with E-state index in [1.54, 1.807) is 0 Å². The van der Waals surface area contributed by atoms with Crippen molar-refractivity contribution in [2.24, 2.45) is 0 Å². The van der Waals surface area contributed by atoms with Crippen molar-refractivity contribution in [2.45, 2.75) is 0 Å². The molecule has 2 aliphatic rings. The van der Waals surface area contributed by atoms with Crippen LogP contribution in [0.1, 0.15) is 16.7 Å². The van der Waals surface area contributed by atoms with Gasteiger partial charge >= 0.3 is 0 Å². The van der Waals surface area contributed by atoms with Crippen LogP contribution in [-0.4, -0.2) is 0 Å². The molecule has 0 saturated carbocycles. The first kappa shape index (κ1) is 16.9. The van der Waals surface area contributed by atoms with Crippen molar-refractivity contribution in [3.05, 3.63) is 114 Å². The molecular formula is C28H20N2. The molecule has 30 heavy (non-hydrogen) atoms. The number of rotatable bonds is 1. The Balaban J connectivity index is 1.49. The Morgan fingerprint density at radius 1 is 0.533 bits per heavy atom. The molecule has 0 bridgehead atoms. The smallest absolute Gasteiger partial charge is 0.0534 e. The maximum atomic E-state index is 3.63. The molecule has 0 radical (unpaired) electrons. The van der Waals surface area contributed by atoms with E-state index in [1.165, 1.54) is 33.5 Å². The van der Waals surface area contributed by atoms with Gasteiger partial charge in [0.15, 0.2) is 0 Å². The van der Waals surface area contributed by atoms with Gasteiger partial charge in [0.05, 0.1) is 5.69 Å². The van der Waals surface area contributed by atoms with E-state index in [1.807, 2.05) is 0 Å². The average molecular weight is 384 g/mol. The minimum Gasteiger partial charge on any atom is -0.354 e. The van der Waals surface area contributed by atoms with Crippen molar-refractivity contribution in [3.63, 3.8) is 0 Å². The molecule has 2 aliphatic heterocycles. The molecule has 0 amide bonds. The van der Waals surface area contributed by atoms with Crippen molar-refractivity contribution in [1.29, 1.82) is 0 Å². The third kappa shape index (κ3) is 2.73. The third-order valence-corrected chi connectivity index (χ3v) is 5.81. The molecule has 0 atom stereocenters. The second kappa shape index (κ2) is 6.78. The molecule has 0 aliphatic carbocycles. The first-order valence-corrected chi connectivity index (χ1v) is 10.2. The van der Waals surface area contributed by atoms with Crippen LogP contribution < -0.4 is 10.2 Å². The lowest BCUT2D eigenvalue weighted by molar-refractivity contribution is 1.30. The molecule has 4 aromatic rings. The average Bonchev–Trinajstić information content (AvgIpc) is 3.09. The molecule has 0 fully saturated rings. The lowest BCUT2D eigenvalue weighted by Crippen LogP contribution is -2.09. The summed E-state index contributed by atoms with van der Waals surface area (Å²) in [6, 6.07) is 32.2. The van der Waals surface area contributed by atoms with Gasteiger partial charge in [0.1, 0.15) is 0 Å². The van der Waals surface area contributed by atoms with Crippen LogP contribution in [0.2, 0.25) is 0 Å². The fourth-order valence-electron chi connectivity index (χ4n) is 4.29. The highest BCUT2D eigenvalue weighted by Gasteiger charge is 2.18. The molecule has 2 heterocycles. The van der Waals surface area contributed by atoms with E-state index in [0.29, 0.717) is 0 Å². The summed E-state index contributed by atoms with van der Waals surface area (Å²) in [7, 11) is 0. The number of anilines is 4. The molecule has 0 unspecified atom stereocenters. The van der Waals surface area contributed by atoms with E-state index in [4.69, 9.17) is 0 Å². The van der Waals surface area contributed by atoms with Crippen LogP contribution in [0.5, 0.6) is 0 Å². The Morgan fingerprint density at radius 3 is 2.13 bits per heavy atom. The molecule has 0 saturated heterocycles. The number of para-hydroxylation sites is 2. The first-order chi connectivity index (χ1) is 14.9. The fourth-order valence-corrected chi connectivity index (χ4v) is 4.29. The SMILES string of the molecule is C1=Cc2ccc(N3C=Cc4ccccc4-c4ccccc43)cc2Nc2ccccc21. The lowest BCUT2D eigenvalue weighted by atomic mass is 9.99. The minimum atomic E-state index is 1.11. The van der Waals surface area contributed by atoms with Gasteiger partial charge < -0.3 is 10.2 Å². The topological polar surface area (TPSA) is 15.3 Å². The second-order valence-corrected chi connectivity index (χ2v) is 7.61.